The lowest BCUT2D eigenvalue weighted by molar-refractivity contribution is 0.0475. The zero-order valence-electron chi connectivity index (χ0n) is 11.9. The molecule has 1 atom stereocenters. The summed E-state index contributed by atoms with van der Waals surface area (Å²) in [4.78, 5) is 4.30. The van der Waals surface area contributed by atoms with Crippen molar-refractivity contribution in [2.75, 3.05) is 13.2 Å². The third-order valence-electron chi connectivity index (χ3n) is 2.80. The molecule has 0 aromatic carbocycles. The van der Waals surface area contributed by atoms with Crippen LogP contribution in [0.25, 0.3) is 0 Å². The molecule has 1 N–H and O–H groups in total. The number of ether oxygens (including phenoxy) is 1. The van der Waals surface area contributed by atoms with Gasteiger partial charge in [-0.25, -0.2) is 0 Å². The van der Waals surface area contributed by atoms with Crippen molar-refractivity contribution in [2.24, 2.45) is 0 Å². The van der Waals surface area contributed by atoms with Crippen LogP contribution in [0.2, 0.25) is 0 Å². The van der Waals surface area contributed by atoms with Gasteiger partial charge < -0.3 is 10.1 Å². The summed E-state index contributed by atoms with van der Waals surface area (Å²) in [5.41, 5.74) is 1.10. The summed E-state index contributed by atoms with van der Waals surface area (Å²) in [5, 5.41) is 3.44. The zero-order chi connectivity index (χ0) is 13.2. The second kappa shape index (κ2) is 9.06. The number of hydrogen-bond donors (Lipinski definition) is 1. The lowest BCUT2D eigenvalue weighted by Crippen LogP contribution is -2.34. The van der Waals surface area contributed by atoms with E-state index in [0.717, 1.165) is 38.1 Å². The fourth-order valence-corrected chi connectivity index (χ4v) is 1.81. The van der Waals surface area contributed by atoms with Crippen molar-refractivity contribution >= 4 is 0 Å². The molecule has 1 heterocycles. The summed E-state index contributed by atoms with van der Waals surface area (Å²) in [7, 11) is 0. The average molecular weight is 250 g/mol. The Morgan fingerprint density at radius 3 is 2.78 bits per heavy atom. The minimum absolute atomic E-state index is 0.320. The minimum Gasteiger partial charge on any atom is -0.376 e. The molecule has 0 fully saturated rings. The van der Waals surface area contributed by atoms with E-state index in [1.54, 1.807) is 0 Å². The smallest absolute Gasteiger partial charge is 0.0699 e. The first-order valence-electron chi connectivity index (χ1n) is 6.97. The Bertz CT molecular complexity index is 301. The van der Waals surface area contributed by atoms with Gasteiger partial charge in [0.15, 0.2) is 0 Å². The predicted octanol–water partition coefficient (Wildman–Crippen LogP) is 2.81. The van der Waals surface area contributed by atoms with Crippen LogP contribution in [0, 0.1) is 0 Å². The van der Waals surface area contributed by atoms with Crippen molar-refractivity contribution in [3.63, 3.8) is 0 Å². The molecule has 0 saturated carbocycles. The molecule has 0 radical (unpaired) electrons. The van der Waals surface area contributed by atoms with E-state index in [9.17, 15) is 0 Å². The Kier molecular flexibility index (Phi) is 7.62. The average Bonchev–Trinajstić information content (AvgIpc) is 2.37. The number of rotatable bonds is 9. The van der Waals surface area contributed by atoms with Crippen molar-refractivity contribution in [1.29, 1.82) is 0 Å². The first-order chi connectivity index (χ1) is 8.72. The van der Waals surface area contributed by atoms with Gasteiger partial charge in [-0.15, -0.1) is 0 Å². The Labute approximate surface area is 111 Å². The van der Waals surface area contributed by atoms with Crippen LogP contribution in [-0.4, -0.2) is 30.3 Å². The van der Waals surface area contributed by atoms with Gasteiger partial charge in [-0.05, 0) is 18.6 Å². The lowest BCUT2D eigenvalue weighted by atomic mass is 10.2. The first kappa shape index (κ1) is 15.1. The lowest BCUT2D eigenvalue weighted by Gasteiger charge is -2.19. The van der Waals surface area contributed by atoms with E-state index in [1.165, 1.54) is 0 Å². The van der Waals surface area contributed by atoms with E-state index in [-0.39, 0.29) is 0 Å². The second-order valence-electron chi connectivity index (χ2n) is 4.92. The molecular weight excluding hydrogens is 224 g/mol. The molecule has 1 rings (SSSR count). The highest BCUT2D eigenvalue weighted by atomic mass is 16.5. The van der Waals surface area contributed by atoms with Crippen LogP contribution in [0.5, 0.6) is 0 Å². The molecule has 1 unspecified atom stereocenters. The molecule has 0 amide bonds. The second-order valence-corrected chi connectivity index (χ2v) is 4.92. The molecule has 18 heavy (non-hydrogen) atoms. The maximum absolute atomic E-state index is 5.93. The molecule has 0 bridgehead atoms. The van der Waals surface area contributed by atoms with E-state index >= 15 is 0 Å². The van der Waals surface area contributed by atoms with E-state index in [0.29, 0.717) is 12.1 Å². The van der Waals surface area contributed by atoms with Gasteiger partial charge in [-0.3, -0.25) is 4.98 Å². The highest BCUT2D eigenvalue weighted by Gasteiger charge is 2.08. The van der Waals surface area contributed by atoms with Crippen LogP contribution in [0.1, 0.15) is 39.3 Å². The van der Waals surface area contributed by atoms with Gasteiger partial charge in [0, 0.05) is 30.9 Å². The Morgan fingerprint density at radius 1 is 1.33 bits per heavy atom. The number of nitrogens with zero attached hydrogens (tertiary/aromatic N) is 1. The predicted molar refractivity (Wildman–Crippen MR) is 75.7 cm³/mol. The highest BCUT2D eigenvalue weighted by Crippen LogP contribution is 2.03. The standard InChI is InChI=1S/C15H26N2O/c1-4-7-15(12-17-13(2)3)18-11-9-14-8-5-6-10-16-14/h5-6,8,10,13,15,17H,4,7,9,11-12H2,1-3H3. The summed E-state index contributed by atoms with van der Waals surface area (Å²) in [6.45, 7) is 8.22. The van der Waals surface area contributed by atoms with E-state index in [1.807, 2.05) is 24.4 Å². The third kappa shape index (κ3) is 6.72. The normalized spacial score (nSPS) is 12.9. The third-order valence-corrected chi connectivity index (χ3v) is 2.80. The van der Waals surface area contributed by atoms with Crippen LogP contribution < -0.4 is 5.32 Å². The van der Waals surface area contributed by atoms with Crippen LogP contribution in [0.4, 0.5) is 0 Å². The molecule has 1 aromatic rings. The number of pyridine rings is 1. The van der Waals surface area contributed by atoms with Gasteiger partial charge in [0.1, 0.15) is 0 Å². The molecule has 0 saturated heterocycles. The topological polar surface area (TPSA) is 34.1 Å². The molecule has 0 aliphatic heterocycles. The fraction of sp³-hybridized carbons (Fsp3) is 0.667. The zero-order valence-corrected chi connectivity index (χ0v) is 11.9. The van der Waals surface area contributed by atoms with Gasteiger partial charge in [0.2, 0.25) is 0 Å². The van der Waals surface area contributed by atoms with E-state index < -0.39 is 0 Å². The monoisotopic (exact) mass is 250 g/mol. The van der Waals surface area contributed by atoms with Crippen molar-refractivity contribution in [2.45, 2.75) is 52.2 Å². The highest BCUT2D eigenvalue weighted by molar-refractivity contribution is 5.03. The quantitative estimate of drug-likeness (QED) is 0.732. The van der Waals surface area contributed by atoms with Gasteiger partial charge in [0.25, 0.3) is 0 Å². The molecule has 3 heteroatoms. The van der Waals surface area contributed by atoms with Crippen molar-refractivity contribution in [3.8, 4) is 0 Å². The Hall–Kier alpha value is -0.930. The van der Waals surface area contributed by atoms with Crippen LogP contribution in [0.15, 0.2) is 24.4 Å². The number of aromatic nitrogens is 1. The van der Waals surface area contributed by atoms with E-state index in [2.05, 4.69) is 31.1 Å². The largest absolute Gasteiger partial charge is 0.376 e. The van der Waals surface area contributed by atoms with Crippen molar-refractivity contribution in [1.82, 2.24) is 10.3 Å². The molecule has 1 aromatic heterocycles. The molecule has 3 nitrogen and oxygen atoms in total. The molecular formula is C15H26N2O. The summed E-state index contributed by atoms with van der Waals surface area (Å²) in [6.07, 6.45) is 5.32. The summed E-state index contributed by atoms with van der Waals surface area (Å²) >= 11 is 0. The molecule has 0 aliphatic carbocycles. The molecule has 102 valence electrons. The van der Waals surface area contributed by atoms with Crippen molar-refractivity contribution in [3.05, 3.63) is 30.1 Å². The van der Waals surface area contributed by atoms with Crippen LogP contribution >= 0.6 is 0 Å². The van der Waals surface area contributed by atoms with Crippen molar-refractivity contribution < 1.29 is 4.74 Å². The number of hydrogen-bond acceptors (Lipinski definition) is 3. The Morgan fingerprint density at radius 2 is 2.17 bits per heavy atom. The van der Waals surface area contributed by atoms with Gasteiger partial charge in [0.05, 0.1) is 12.7 Å². The van der Waals surface area contributed by atoms with Crippen LogP contribution in [-0.2, 0) is 11.2 Å². The molecule has 0 aliphatic rings. The Balaban J connectivity index is 2.24. The first-order valence-corrected chi connectivity index (χ1v) is 6.97. The summed E-state index contributed by atoms with van der Waals surface area (Å²) in [5.74, 6) is 0. The number of nitrogens with one attached hydrogen (secondary N) is 1. The fourth-order valence-electron chi connectivity index (χ4n) is 1.81. The van der Waals surface area contributed by atoms with E-state index in [4.69, 9.17) is 4.74 Å². The van der Waals surface area contributed by atoms with Gasteiger partial charge >= 0.3 is 0 Å². The summed E-state index contributed by atoms with van der Waals surface area (Å²) < 4.78 is 5.93. The van der Waals surface area contributed by atoms with Gasteiger partial charge in [-0.2, -0.15) is 0 Å². The minimum atomic E-state index is 0.320. The maximum Gasteiger partial charge on any atom is 0.0699 e. The van der Waals surface area contributed by atoms with Gasteiger partial charge in [-0.1, -0.05) is 33.3 Å². The maximum atomic E-state index is 5.93. The molecule has 0 spiro atoms. The SMILES string of the molecule is CCCC(CNC(C)C)OCCc1ccccn1. The summed E-state index contributed by atoms with van der Waals surface area (Å²) in [6, 6.07) is 6.52. The van der Waals surface area contributed by atoms with Crippen LogP contribution in [0.3, 0.4) is 0 Å².